The first-order valence-corrected chi connectivity index (χ1v) is 11.5. The van der Waals surface area contributed by atoms with Gasteiger partial charge in [-0.3, -0.25) is 9.59 Å². The Morgan fingerprint density at radius 2 is 1.00 bits per heavy atom. The van der Waals surface area contributed by atoms with E-state index in [1.807, 2.05) is 0 Å². The predicted molar refractivity (Wildman–Crippen MR) is 112 cm³/mol. The zero-order valence-corrected chi connectivity index (χ0v) is 17.8. The van der Waals surface area contributed by atoms with Crippen LogP contribution in [0, 0.1) is 0 Å². The molecule has 0 saturated carbocycles. The number of unbranched alkanes of at least 4 members (excludes halogenated alkanes) is 15. The predicted octanol–water partition coefficient (Wildman–Crippen LogP) is 7.05. The molecular weight excluding hydrogens is 340 g/mol. The number of esters is 1. The summed E-state index contributed by atoms with van der Waals surface area (Å²) in [5.41, 5.74) is 0. The van der Waals surface area contributed by atoms with Crippen LogP contribution in [0.15, 0.2) is 0 Å². The van der Waals surface area contributed by atoms with Gasteiger partial charge in [0.05, 0.1) is 6.61 Å². The van der Waals surface area contributed by atoms with Gasteiger partial charge in [-0.05, 0) is 19.3 Å². The zero-order valence-electron chi connectivity index (χ0n) is 17.8. The van der Waals surface area contributed by atoms with Crippen molar-refractivity contribution in [1.29, 1.82) is 0 Å². The summed E-state index contributed by atoms with van der Waals surface area (Å²) in [6, 6.07) is 0. The molecule has 1 N–H and O–H groups in total. The smallest absolute Gasteiger partial charge is 0.305 e. The van der Waals surface area contributed by atoms with E-state index in [1.54, 1.807) is 0 Å². The van der Waals surface area contributed by atoms with Crippen molar-refractivity contribution < 1.29 is 19.4 Å². The maximum absolute atomic E-state index is 11.6. The van der Waals surface area contributed by atoms with Crippen molar-refractivity contribution in [1.82, 2.24) is 0 Å². The summed E-state index contributed by atoms with van der Waals surface area (Å²) in [5, 5.41) is 8.55. The summed E-state index contributed by atoms with van der Waals surface area (Å²) in [4.78, 5) is 22.0. The molecule has 0 amide bonds. The summed E-state index contributed by atoms with van der Waals surface area (Å²) in [7, 11) is 0. The molecule has 0 rings (SSSR count). The van der Waals surface area contributed by atoms with Crippen molar-refractivity contribution in [2.75, 3.05) is 6.61 Å². The lowest BCUT2D eigenvalue weighted by Crippen LogP contribution is -2.05. The summed E-state index contributed by atoms with van der Waals surface area (Å²) in [5.74, 6) is -0.806. The Balaban J connectivity index is 3.15. The molecule has 27 heavy (non-hydrogen) atoms. The molecule has 0 saturated heterocycles. The maximum Gasteiger partial charge on any atom is 0.305 e. The van der Waals surface area contributed by atoms with E-state index >= 15 is 0 Å². The highest BCUT2D eigenvalue weighted by Crippen LogP contribution is 2.12. The Morgan fingerprint density at radius 3 is 1.48 bits per heavy atom. The second-order valence-corrected chi connectivity index (χ2v) is 7.77. The summed E-state index contributed by atoms with van der Waals surface area (Å²) < 4.78 is 5.28. The van der Waals surface area contributed by atoms with Gasteiger partial charge in [-0.25, -0.2) is 0 Å². The molecule has 0 heterocycles. The van der Waals surface area contributed by atoms with Gasteiger partial charge in [0.1, 0.15) is 0 Å². The number of ether oxygens (including phenoxy) is 1. The van der Waals surface area contributed by atoms with Crippen molar-refractivity contribution in [3.05, 3.63) is 0 Å². The van der Waals surface area contributed by atoms with Crippen molar-refractivity contribution in [3.63, 3.8) is 0 Å². The van der Waals surface area contributed by atoms with Gasteiger partial charge in [0, 0.05) is 12.8 Å². The Kier molecular flexibility index (Phi) is 20.4. The lowest BCUT2D eigenvalue weighted by molar-refractivity contribution is -0.144. The number of carboxylic acids is 1. The van der Waals surface area contributed by atoms with Gasteiger partial charge >= 0.3 is 11.9 Å². The first kappa shape index (κ1) is 25.9. The molecular formula is C23H44O4. The van der Waals surface area contributed by atoms with Crippen LogP contribution in [0.4, 0.5) is 0 Å². The summed E-state index contributed by atoms with van der Waals surface area (Å²) in [6.07, 6.45) is 21.0. The summed E-state index contributed by atoms with van der Waals surface area (Å²) >= 11 is 0. The molecule has 0 unspecified atom stereocenters. The second kappa shape index (κ2) is 21.2. The molecule has 0 atom stereocenters. The molecule has 0 aliphatic heterocycles. The van der Waals surface area contributed by atoms with E-state index in [4.69, 9.17) is 9.84 Å². The molecule has 0 aliphatic carbocycles. The molecule has 0 bridgehead atoms. The standard InChI is InChI=1S/C23H44O4/c1-2-3-4-5-6-7-8-9-10-11-15-18-21-27-23(26)20-17-14-12-13-16-19-22(24)25/h2-21H2,1H3,(H,24,25). The van der Waals surface area contributed by atoms with Crippen molar-refractivity contribution >= 4 is 11.9 Å². The molecule has 0 aromatic rings. The number of hydrogen-bond donors (Lipinski definition) is 1. The Morgan fingerprint density at radius 1 is 0.593 bits per heavy atom. The quantitative estimate of drug-likeness (QED) is 0.170. The fourth-order valence-electron chi connectivity index (χ4n) is 3.28. The zero-order chi connectivity index (χ0) is 20.0. The van der Waals surface area contributed by atoms with Crippen LogP contribution < -0.4 is 0 Å². The first-order valence-electron chi connectivity index (χ1n) is 11.5. The topological polar surface area (TPSA) is 63.6 Å². The van der Waals surface area contributed by atoms with Gasteiger partial charge < -0.3 is 9.84 Å². The van der Waals surface area contributed by atoms with Gasteiger partial charge in [-0.15, -0.1) is 0 Å². The Hall–Kier alpha value is -1.06. The third-order valence-electron chi connectivity index (χ3n) is 5.03. The molecule has 0 aromatic carbocycles. The van der Waals surface area contributed by atoms with Gasteiger partial charge in [0.15, 0.2) is 0 Å². The molecule has 4 heteroatoms. The number of rotatable bonds is 21. The minimum absolute atomic E-state index is 0.0800. The second-order valence-electron chi connectivity index (χ2n) is 7.77. The SMILES string of the molecule is CCCCCCCCCCCCCCOC(=O)CCCCCCCC(=O)O. The van der Waals surface area contributed by atoms with E-state index in [0.29, 0.717) is 13.0 Å². The van der Waals surface area contributed by atoms with Crippen LogP contribution in [0.2, 0.25) is 0 Å². The van der Waals surface area contributed by atoms with Crippen LogP contribution in [0.25, 0.3) is 0 Å². The van der Waals surface area contributed by atoms with Gasteiger partial charge in [0.25, 0.3) is 0 Å². The van der Waals surface area contributed by atoms with Crippen molar-refractivity contribution in [3.8, 4) is 0 Å². The van der Waals surface area contributed by atoms with Gasteiger partial charge in [-0.1, -0.05) is 96.8 Å². The van der Waals surface area contributed by atoms with Crippen LogP contribution in [-0.4, -0.2) is 23.7 Å². The fourth-order valence-corrected chi connectivity index (χ4v) is 3.28. The molecule has 160 valence electrons. The largest absolute Gasteiger partial charge is 0.481 e. The third kappa shape index (κ3) is 22.9. The van der Waals surface area contributed by atoms with Crippen LogP contribution in [0.3, 0.4) is 0 Å². The van der Waals surface area contributed by atoms with Crippen LogP contribution in [-0.2, 0) is 14.3 Å². The average Bonchev–Trinajstić information content (AvgIpc) is 2.64. The highest BCUT2D eigenvalue weighted by Gasteiger charge is 2.03. The number of carboxylic acid groups (broad SMARTS) is 1. The van der Waals surface area contributed by atoms with Crippen molar-refractivity contribution in [2.24, 2.45) is 0 Å². The molecule has 0 spiro atoms. The van der Waals surface area contributed by atoms with Crippen LogP contribution >= 0.6 is 0 Å². The summed E-state index contributed by atoms with van der Waals surface area (Å²) in [6.45, 7) is 2.82. The number of carbonyl (C=O) groups is 2. The van der Waals surface area contributed by atoms with E-state index in [2.05, 4.69) is 6.92 Å². The lowest BCUT2D eigenvalue weighted by Gasteiger charge is -2.05. The third-order valence-corrected chi connectivity index (χ3v) is 5.03. The van der Waals surface area contributed by atoms with E-state index in [-0.39, 0.29) is 12.4 Å². The highest BCUT2D eigenvalue weighted by molar-refractivity contribution is 5.69. The number of aliphatic carboxylic acids is 1. The van der Waals surface area contributed by atoms with E-state index in [0.717, 1.165) is 44.9 Å². The highest BCUT2D eigenvalue weighted by atomic mass is 16.5. The molecule has 0 radical (unpaired) electrons. The number of carbonyl (C=O) groups excluding carboxylic acids is 1. The minimum atomic E-state index is -0.726. The number of hydrogen-bond acceptors (Lipinski definition) is 3. The Bertz CT molecular complexity index is 341. The molecule has 0 aromatic heterocycles. The lowest BCUT2D eigenvalue weighted by atomic mass is 10.1. The van der Waals surface area contributed by atoms with Gasteiger partial charge in [0.2, 0.25) is 0 Å². The minimum Gasteiger partial charge on any atom is -0.481 e. The van der Waals surface area contributed by atoms with Crippen molar-refractivity contribution in [2.45, 2.75) is 129 Å². The molecule has 0 fully saturated rings. The van der Waals surface area contributed by atoms with Crippen LogP contribution in [0.5, 0.6) is 0 Å². The Labute approximate surface area is 167 Å². The first-order chi connectivity index (χ1) is 13.2. The van der Waals surface area contributed by atoms with E-state index < -0.39 is 5.97 Å². The maximum atomic E-state index is 11.6. The normalized spacial score (nSPS) is 10.9. The van der Waals surface area contributed by atoms with E-state index in [9.17, 15) is 9.59 Å². The monoisotopic (exact) mass is 384 g/mol. The average molecular weight is 385 g/mol. The molecule has 0 aliphatic rings. The van der Waals surface area contributed by atoms with Gasteiger partial charge in [-0.2, -0.15) is 0 Å². The molecule has 4 nitrogen and oxygen atoms in total. The fraction of sp³-hybridized carbons (Fsp3) is 0.913. The van der Waals surface area contributed by atoms with E-state index in [1.165, 1.54) is 64.2 Å². The van der Waals surface area contributed by atoms with Crippen LogP contribution in [0.1, 0.15) is 129 Å².